The molecule has 0 aromatic heterocycles. The maximum Gasteiger partial charge on any atom is 0.307 e. The van der Waals surface area contributed by atoms with E-state index in [1.54, 1.807) is 6.07 Å². The molecule has 0 N–H and O–H groups in total. The van der Waals surface area contributed by atoms with E-state index in [0.717, 1.165) is 10.0 Å². The highest BCUT2D eigenvalue weighted by atomic mass is 79.9. The normalized spacial score (nSPS) is 13.7. The lowest BCUT2D eigenvalue weighted by molar-refractivity contribution is -0.140. The Bertz CT molecular complexity index is 582. The minimum Gasteiger partial charge on any atom is -0.469 e. The maximum absolute atomic E-state index is 11.9. The average Bonchev–Trinajstić information content (AvgIpc) is 2.60. The average molecular weight is 326 g/mol. The van der Waals surface area contributed by atoms with E-state index in [-0.39, 0.29) is 13.0 Å². The number of ketones is 1. The number of Topliss-reactive ketones (excluding diaryl/α,β-unsaturated/α-hetero) is 1. The Balaban J connectivity index is 2.36. The molecule has 0 radical (unpaired) electrons. The van der Waals surface area contributed by atoms with Gasteiger partial charge in [0.15, 0.2) is 0 Å². The number of benzene rings is 1. The number of hydrogen-bond acceptors (Lipinski definition) is 4. The molecule has 19 heavy (non-hydrogen) atoms. The van der Waals surface area contributed by atoms with E-state index in [0.29, 0.717) is 11.3 Å². The zero-order valence-electron chi connectivity index (χ0n) is 10.5. The lowest BCUT2D eigenvalue weighted by Gasteiger charge is -2.17. The van der Waals surface area contributed by atoms with E-state index in [1.807, 2.05) is 13.0 Å². The number of halogens is 1. The first-order chi connectivity index (χ1) is 8.95. The van der Waals surface area contributed by atoms with Crippen molar-refractivity contribution in [1.82, 2.24) is 0 Å². The number of carbonyl (C=O) groups excluding carboxylic acids is 3. The van der Waals surface area contributed by atoms with Gasteiger partial charge in [0.05, 0.1) is 24.8 Å². The summed E-state index contributed by atoms with van der Waals surface area (Å²) in [7, 11) is 1.29. The molecular weight excluding hydrogens is 314 g/mol. The maximum atomic E-state index is 11.9. The molecule has 0 spiro atoms. The zero-order valence-corrected chi connectivity index (χ0v) is 12.1. The van der Waals surface area contributed by atoms with Crippen LogP contribution < -0.4 is 4.90 Å². The number of anilines is 1. The van der Waals surface area contributed by atoms with E-state index < -0.39 is 17.7 Å². The molecule has 1 heterocycles. The highest BCUT2D eigenvalue weighted by molar-refractivity contribution is 9.10. The highest BCUT2D eigenvalue weighted by Crippen LogP contribution is 2.34. The van der Waals surface area contributed by atoms with Crippen molar-refractivity contribution in [3.8, 4) is 0 Å². The van der Waals surface area contributed by atoms with Crippen molar-refractivity contribution in [3.05, 3.63) is 27.7 Å². The second-order valence-corrected chi connectivity index (χ2v) is 5.15. The first-order valence-electron chi connectivity index (χ1n) is 5.69. The van der Waals surface area contributed by atoms with Crippen molar-refractivity contribution in [2.75, 3.05) is 18.6 Å². The summed E-state index contributed by atoms with van der Waals surface area (Å²) < 4.78 is 5.29. The van der Waals surface area contributed by atoms with Gasteiger partial charge in [-0.25, -0.2) is 0 Å². The van der Waals surface area contributed by atoms with Crippen LogP contribution in [-0.4, -0.2) is 31.3 Å². The fourth-order valence-electron chi connectivity index (χ4n) is 2.12. The van der Waals surface area contributed by atoms with Crippen LogP contribution >= 0.6 is 15.9 Å². The summed E-state index contributed by atoms with van der Waals surface area (Å²) in [6.07, 6.45) is 0.0600. The summed E-state index contributed by atoms with van der Waals surface area (Å²) in [5.41, 5.74) is 1.78. The number of rotatable bonds is 3. The Morgan fingerprint density at radius 2 is 2.05 bits per heavy atom. The van der Waals surface area contributed by atoms with Gasteiger partial charge in [0.25, 0.3) is 11.7 Å². The largest absolute Gasteiger partial charge is 0.469 e. The van der Waals surface area contributed by atoms with Gasteiger partial charge < -0.3 is 9.64 Å². The van der Waals surface area contributed by atoms with Crippen LogP contribution in [0.15, 0.2) is 16.6 Å². The molecule has 1 aromatic carbocycles. The molecule has 0 fully saturated rings. The van der Waals surface area contributed by atoms with Crippen LogP contribution in [0, 0.1) is 6.92 Å². The van der Waals surface area contributed by atoms with Crippen molar-refractivity contribution in [1.29, 1.82) is 0 Å². The Hall–Kier alpha value is -1.69. The predicted octanol–water partition coefficient (Wildman–Crippen LogP) is 1.85. The molecule has 1 amide bonds. The van der Waals surface area contributed by atoms with Gasteiger partial charge >= 0.3 is 5.97 Å². The number of aryl methyl sites for hydroxylation is 1. The summed E-state index contributed by atoms with van der Waals surface area (Å²) in [6, 6.07) is 3.45. The third-order valence-corrected chi connectivity index (χ3v) is 3.44. The van der Waals surface area contributed by atoms with Crippen LogP contribution in [0.1, 0.15) is 22.3 Å². The number of carbonyl (C=O) groups is 3. The summed E-state index contributed by atoms with van der Waals surface area (Å²) in [5.74, 6) is -1.55. The first-order valence-corrected chi connectivity index (χ1v) is 6.48. The Labute approximate surface area is 118 Å². The molecule has 1 aliphatic heterocycles. The summed E-state index contributed by atoms with van der Waals surface area (Å²) in [6.45, 7) is 1.97. The third kappa shape index (κ3) is 2.40. The minimum atomic E-state index is -0.597. The molecule has 0 aliphatic carbocycles. The molecular formula is C13H12BrNO4. The van der Waals surface area contributed by atoms with Gasteiger partial charge in [-0.3, -0.25) is 14.4 Å². The number of hydrogen-bond donors (Lipinski definition) is 0. The van der Waals surface area contributed by atoms with Crippen LogP contribution in [0.5, 0.6) is 0 Å². The van der Waals surface area contributed by atoms with Crippen LogP contribution in [0.25, 0.3) is 0 Å². The minimum absolute atomic E-state index is 0.0600. The SMILES string of the molecule is COC(=O)CCN1C(=O)C(=O)c2cc(Br)cc(C)c21. The molecule has 2 rings (SSSR count). The van der Waals surface area contributed by atoms with Gasteiger partial charge in [-0.15, -0.1) is 0 Å². The molecule has 5 nitrogen and oxygen atoms in total. The van der Waals surface area contributed by atoms with Gasteiger partial charge in [0.1, 0.15) is 0 Å². The monoisotopic (exact) mass is 325 g/mol. The number of ether oxygens (including phenoxy) is 1. The van der Waals surface area contributed by atoms with Crippen molar-refractivity contribution in [2.45, 2.75) is 13.3 Å². The molecule has 0 bridgehead atoms. The third-order valence-electron chi connectivity index (χ3n) is 2.99. The fourth-order valence-corrected chi connectivity index (χ4v) is 2.70. The molecule has 0 atom stereocenters. The lowest BCUT2D eigenvalue weighted by atomic mass is 10.1. The fraction of sp³-hybridized carbons (Fsp3) is 0.308. The molecule has 1 aliphatic rings. The molecule has 0 unspecified atom stereocenters. The number of amides is 1. The zero-order chi connectivity index (χ0) is 14.2. The van der Waals surface area contributed by atoms with Gasteiger partial charge in [0, 0.05) is 11.0 Å². The smallest absolute Gasteiger partial charge is 0.307 e. The lowest BCUT2D eigenvalue weighted by Crippen LogP contribution is -2.32. The molecule has 6 heteroatoms. The Morgan fingerprint density at radius 3 is 2.68 bits per heavy atom. The number of methoxy groups -OCH3 is 1. The van der Waals surface area contributed by atoms with Crippen molar-refractivity contribution in [3.63, 3.8) is 0 Å². The Kier molecular flexibility index (Phi) is 3.71. The number of fused-ring (bicyclic) bond motifs is 1. The van der Waals surface area contributed by atoms with E-state index in [2.05, 4.69) is 20.7 Å². The van der Waals surface area contributed by atoms with Crippen LogP contribution in [0.4, 0.5) is 5.69 Å². The van der Waals surface area contributed by atoms with E-state index in [4.69, 9.17) is 0 Å². The van der Waals surface area contributed by atoms with E-state index in [1.165, 1.54) is 12.0 Å². The van der Waals surface area contributed by atoms with Crippen molar-refractivity contribution < 1.29 is 19.1 Å². The summed E-state index contributed by atoms with van der Waals surface area (Å²) >= 11 is 3.30. The second kappa shape index (κ2) is 5.13. The topological polar surface area (TPSA) is 63.7 Å². The molecule has 1 aromatic rings. The van der Waals surface area contributed by atoms with Crippen molar-refractivity contribution >= 4 is 39.3 Å². The van der Waals surface area contributed by atoms with Gasteiger partial charge in [-0.05, 0) is 24.6 Å². The van der Waals surface area contributed by atoms with Crippen LogP contribution in [-0.2, 0) is 14.3 Å². The van der Waals surface area contributed by atoms with E-state index in [9.17, 15) is 14.4 Å². The quantitative estimate of drug-likeness (QED) is 0.628. The Morgan fingerprint density at radius 1 is 1.37 bits per heavy atom. The van der Waals surface area contributed by atoms with Crippen molar-refractivity contribution in [2.24, 2.45) is 0 Å². The summed E-state index contributed by atoms with van der Waals surface area (Å²) in [4.78, 5) is 36.3. The number of esters is 1. The van der Waals surface area contributed by atoms with E-state index >= 15 is 0 Å². The predicted molar refractivity (Wildman–Crippen MR) is 72.2 cm³/mol. The molecule has 0 saturated carbocycles. The molecule has 0 saturated heterocycles. The summed E-state index contributed by atoms with van der Waals surface area (Å²) in [5, 5.41) is 0. The number of nitrogens with zero attached hydrogens (tertiary/aromatic N) is 1. The van der Waals surface area contributed by atoms with Gasteiger partial charge in [-0.2, -0.15) is 0 Å². The van der Waals surface area contributed by atoms with Gasteiger partial charge in [-0.1, -0.05) is 15.9 Å². The van der Waals surface area contributed by atoms with Gasteiger partial charge in [0.2, 0.25) is 0 Å². The first kappa shape index (κ1) is 13.7. The van der Waals surface area contributed by atoms with Crippen LogP contribution in [0.2, 0.25) is 0 Å². The van der Waals surface area contributed by atoms with Crippen LogP contribution in [0.3, 0.4) is 0 Å². The molecule has 100 valence electrons. The highest BCUT2D eigenvalue weighted by Gasteiger charge is 2.37. The second-order valence-electron chi connectivity index (χ2n) is 4.23. The standard InChI is InChI=1S/C13H12BrNO4/c1-7-5-8(14)6-9-11(7)15(13(18)12(9)17)4-3-10(16)19-2/h5-6H,3-4H2,1-2H3.